The van der Waals surface area contributed by atoms with E-state index in [4.69, 9.17) is 10.2 Å². The summed E-state index contributed by atoms with van der Waals surface area (Å²) in [6, 6.07) is 0. The van der Waals surface area contributed by atoms with Crippen molar-refractivity contribution in [3.05, 3.63) is 0 Å². The normalized spacial score (nSPS) is 13.1. The van der Waals surface area contributed by atoms with Crippen LogP contribution in [0.2, 0.25) is 0 Å². The molecule has 0 aliphatic rings. The van der Waals surface area contributed by atoms with Gasteiger partial charge in [0.25, 0.3) is 0 Å². The van der Waals surface area contributed by atoms with E-state index in [0.29, 0.717) is 5.92 Å². The molecule has 0 bridgehead atoms. The van der Waals surface area contributed by atoms with Gasteiger partial charge in [-0.1, -0.05) is 27.2 Å². The zero-order valence-corrected chi connectivity index (χ0v) is 9.56. The van der Waals surface area contributed by atoms with Gasteiger partial charge in [0.05, 0.1) is 0 Å². The van der Waals surface area contributed by atoms with Crippen LogP contribution in [0.5, 0.6) is 0 Å². The first-order chi connectivity index (χ1) is 6.88. The van der Waals surface area contributed by atoms with E-state index in [1.165, 1.54) is 0 Å². The standard InChI is InChI=1S/C11H20O4/c1-4-9(7(2)3)8(5-10(12)13)6-11(14)15/h7-9H,4-6H2,1-3H3,(H,12,13)(H,14,15). The molecule has 0 aromatic heterocycles. The number of carbonyl (C=O) groups is 2. The monoisotopic (exact) mass is 216 g/mol. The first-order valence-corrected chi connectivity index (χ1v) is 5.32. The number of rotatable bonds is 7. The Balaban J connectivity index is 4.56. The second-order valence-electron chi connectivity index (χ2n) is 4.27. The molecule has 4 heteroatoms. The van der Waals surface area contributed by atoms with Gasteiger partial charge in [-0.3, -0.25) is 9.59 Å². The Bertz CT molecular complexity index is 207. The van der Waals surface area contributed by atoms with Crippen molar-refractivity contribution in [2.24, 2.45) is 17.8 Å². The van der Waals surface area contributed by atoms with Crippen molar-refractivity contribution in [2.75, 3.05) is 0 Å². The van der Waals surface area contributed by atoms with E-state index in [1.807, 2.05) is 20.8 Å². The quantitative estimate of drug-likeness (QED) is 0.684. The number of hydrogen-bond acceptors (Lipinski definition) is 2. The Labute approximate surface area is 90.3 Å². The molecule has 0 saturated carbocycles. The molecule has 4 nitrogen and oxygen atoms in total. The predicted octanol–water partition coefficient (Wildman–Crippen LogP) is 2.23. The van der Waals surface area contributed by atoms with Crippen molar-refractivity contribution in [1.82, 2.24) is 0 Å². The van der Waals surface area contributed by atoms with Gasteiger partial charge in [0, 0.05) is 12.8 Å². The second kappa shape index (κ2) is 6.43. The summed E-state index contributed by atoms with van der Waals surface area (Å²) >= 11 is 0. The molecule has 0 aliphatic carbocycles. The average molecular weight is 216 g/mol. The molecular weight excluding hydrogens is 196 g/mol. The van der Waals surface area contributed by atoms with Gasteiger partial charge in [-0.2, -0.15) is 0 Å². The van der Waals surface area contributed by atoms with Gasteiger partial charge in [0.2, 0.25) is 0 Å². The first-order valence-electron chi connectivity index (χ1n) is 5.32. The summed E-state index contributed by atoms with van der Waals surface area (Å²) in [6.07, 6.45) is 0.717. The van der Waals surface area contributed by atoms with Gasteiger partial charge in [0.15, 0.2) is 0 Å². The molecule has 0 radical (unpaired) electrons. The highest BCUT2D eigenvalue weighted by atomic mass is 16.4. The van der Waals surface area contributed by atoms with E-state index in [0.717, 1.165) is 6.42 Å². The molecule has 1 unspecified atom stereocenters. The lowest BCUT2D eigenvalue weighted by molar-refractivity contribution is -0.141. The minimum absolute atomic E-state index is 0.0526. The third-order valence-corrected chi connectivity index (χ3v) is 2.81. The van der Waals surface area contributed by atoms with E-state index in [9.17, 15) is 9.59 Å². The highest BCUT2D eigenvalue weighted by molar-refractivity contribution is 5.70. The largest absolute Gasteiger partial charge is 0.481 e. The van der Waals surface area contributed by atoms with Crippen molar-refractivity contribution in [1.29, 1.82) is 0 Å². The van der Waals surface area contributed by atoms with Crippen LogP contribution in [0.25, 0.3) is 0 Å². The van der Waals surface area contributed by atoms with E-state index in [1.54, 1.807) is 0 Å². The number of carboxylic acids is 2. The maximum absolute atomic E-state index is 10.6. The fourth-order valence-corrected chi connectivity index (χ4v) is 2.17. The molecule has 1 atom stereocenters. The van der Waals surface area contributed by atoms with Crippen LogP contribution >= 0.6 is 0 Å². The zero-order chi connectivity index (χ0) is 12.0. The van der Waals surface area contributed by atoms with Crippen LogP contribution in [0.15, 0.2) is 0 Å². The van der Waals surface area contributed by atoms with Crippen molar-refractivity contribution < 1.29 is 19.8 Å². The molecule has 0 amide bonds. The number of carboxylic acid groups (broad SMARTS) is 2. The van der Waals surface area contributed by atoms with Gasteiger partial charge in [-0.05, 0) is 17.8 Å². The van der Waals surface area contributed by atoms with Crippen LogP contribution in [-0.2, 0) is 9.59 Å². The molecule has 0 saturated heterocycles. The molecule has 0 aromatic carbocycles. The predicted molar refractivity (Wildman–Crippen MR) is 56.6 cm³/mol. The van der Waals surface area contributed by atoms with Gasteiger partial charge in [-0.25, -0.2) is 0 Å². The molecule has 2 N–H and O–H groups in total. The Morgan fingerprint density at radius 3 is 1.67 bits per heavy atom. The molecule has 15 heavy (non-hydrogen) atoms. The van der Waals surface area contributed by atoms with Gasteiger partial charge in [-0.15, -0.1) is 0 Å². The second-order valence-corrected chi connectivity index (χ2v) is 4.27. The Hall–Kier alpha value is -1.06. The Morgan fingerprint density at radius 2 is 1.47 bits per heavy atom. The van der Waals surface area contributed by atoms with Gasteiger partial charge >= 0.3 is 11.9 Å². The smallest absolute Gasteiger partial charge is 0.303 e. The van der Waals surface area contributed by atoms with Crippen molar-refractivity contribution in [2.45, 2.75) is 40.0 Å². The summed E-state index contributed by atoms with van der Waals surface area (Å²) < 4.78 is 0. The van der Waals surface area contributed by atoms with E-state index in [-0.39, 0.29) is 24.7 Å². The van der Waals surface area contributed by atoms with Gasteiger partial charge in [0.1, 0.15) is 0 Å². The lowest BCUT2D eigenvalue weighted by Crippen LogP contribution is -2.24. The van der Waals surface area contributed by atoms with Gasteiger partial charge < -0.3 is 10.2 Å². The zero-order valence-electron chi connectivity index (χ0n) is 9.56. The Morgan fingerprint density at radius 1 is 1.07 bits per heavy atom. The summed E-state index contributed by atoms with van der Waals surface area (Å²) in [5.74, 6) is -1.61. The first kappa shape index (κ1) is 13.9. The summed E-state index contributed by atoms with van der Waals surface area (Å²) in [4.78, 5) is 21.3. The van der Waals surface area contributed by atoms with E-state index < -0.39 is 11.9 Å². The summed E-state index contributed by atoms with van der Waals surface area (Å²) in [5.41, 5.74) is 0. The highest BCUT2D eigenvalue weighted by Crippen LogP contribution is 2.29. The minimum atomic E-state index is -0.916. The van der Waals surface area contributed by atoms with Crippen LogP contribution in [-0.4, -0.2) is 22.2 Å². The van der Waals surface area contributed by atoms with Crippen molar-refractivity contribution in [3.8, 4) is 0 Å². The third kappa shape index (κ3) is 5.40. The summed E-state index contributed by atoms with van der Waals surface area (Å²) in [7, 11) is 0. The van der Waals surface area contributed by atoms with E-state index >= 15 is 0 Å². The maximum atomic E-state index is 10.6. The molecular formula is C11H20O4. The van der Waals surface area contributed by atoms with Crippen LogP contribution in [0.4, 0.5) is 0 Å². The Kier molecular flexibility index (Phi) is 5.97. The van der Waals surface area contributed by atoms with Crippen LogP contribution in [0.3, 0.4) is 0 Å². The highest BCUT2D eigenvalue weighted by Gasteiger charge is 2.27. The summed E-state index contributed by atoms with van der Waals surface area (Å²) in [6.45, 7) is 5.98. The van der Waals surface area contributed by atoms with Crippen molar-refractivity contribution >= 4 is 11.9 Å². The molecule has 0 rings (SSSR count). The fraction of sp³-hybridized carbons (Fsp3) is 0.818. The lowest BCUT2D eigenvalue weighted by atomic mass is 9.78. The molecule has 88 valence electrons. The van der Waals surface area contributed by atoms with Crippen LogP contribution < -0.4 is 0 Å². The minimum Gasteiger partial charge on any atom is -0.481 e. The van der Waals surface area contributed by atoms with Crippen molar-refractivity contribution in [3.63, 3.8) is 0 Å². The number of hydrogen-bond donors (Lipinski definition) is 2. The molecule has 0 aliphatic heterocycles. The molecule has 0 heterocycles. The SMILES string of the molecule is CCC(C(C)C)C(CC(=O)O)CC(=O)O. The molecule has 0 aromatic rings. The molecule has 0 fully saturated rings. The lowest BCUT2D eigenvalue weighted by Gasteiger charge is -2.27. The average Bonchev–Trinajstić information content (AvgIpc) is 2.01. The maximum Gasteiger partial charge on any atom is 0.303 e. The fourth-order valence-electron chi connectivity index (χ4n) is 2.17. The number of aliphatic carboxylic acids is 2. The topological polar surface area (TPSA) is 74.6 Å². The summed E-state index contributed by atoms with van der Waals surface area (Å²) in [5, 5.41) is 17.5. The van der Waals surface area contributed by atoms with Crippen LogP contribution in [0.1, 0.15) is 40.0 Å². The third-order valence-electron chi connectivity index (χ3n) is 2.81. The molecule has 0 spiro atoms. The van der Waals surface area contributed by atoms with Crippen LogP contribution in [0, 0.1) is 17.8 Å². The van der Waals surface area contributed by atoms with E-state index in [2.05, 4.69) is 0 Å².